The SMILES string of the molecule is COC(=O)c1cc2cc(NC(=O)[C@@H](C)NS(=O)(=O)c3cc(Cl)ccc3OC)ccc2s1. The maximum absolute atomic E-state index is 12.7. The number of carbonyl (C=O) groups excluding carboxylic acids is 2. The predicted octanol–water partition coefficient (Wildman–Crippen LogP) is 3.66. The molecule has 0 aliphatic rings. The molecule has 0 radical (unpaired) electrons. The van der Waals surface area contributed by atoms with Crippen molar-refractivity contribution >= 4 is 60.6 Å². The molecule has 1 amide bonds. The normalized spacial score (nSPS) is 12.4. The molecule has 1 atom stereocenters. The lowest BCUT2D eigenvalue weighted by atomic mass is 10.2. The van der Waals surface area contributed by atoms with Crippen LogP contribution in [0.3, 0.4) is 0 Å². The zero-order valence-electron chi connectivity index (χ0n) is 16.8. The summed E-state index contributed by atoms with van der Waals surface area (Å²) in [7, 11) is -1.43. The zero-order valence-corrected chi connectivity index (χ0v) is 19.2. The molecule has 0 aliphatic carbocycles. The minimum absolute atomic E-state index is 0.105. The Kier molecular flexibility index (Phi) is 6.85. The van der Waals surface area contributed by atoms with Gasteiger partial charge in [0.05, 0.1) is 20.3 Å². The number of amides is 1. The van der Waals surface area contributed by atoms with Crippen LogP contribution in [-0.4, -0.2) is 40.6 Å². The fourth-order valence-corrected chi connectivity index (χ4v) is 5.38. The quantitative estimate of drug-likeness (QED) is 0.497. The van der Waals surface area contributed by atoms with Crippen LogP contribution >= 0.6 is 22.9 Å². The Morgan fingerprint density at radius 3 is 2.52 bits per heavy atom. The van der Waals surface area contributed by atoms with Crippen LogP contribution < -0.4 is 14.8 Å². The van der Waals surface area contributed by atoms with E-state index in [2.05, 4.69) is 10.0 Å². The van der Waals surface area contributed by atoms with Crippen molar-refractivity contribution < 1.29 is 27.5 Å². The number of ether oxygens (including phenoxy) is 2. The predicted molar refractivity (Wildman–Crippen MR) is 120 cm³/mol. The largest absolute Gasteiger partial charge is 0.495 e. The van der Waals surface area contributed by atoms with E-state index in [1.807, 2.05) is 0 Å². The smallest absolute Gasteiger partial charge is 0.348 e. The van der Waals surface area contributed by atoms with Crippen LogP contribution in [0.2, 0.25) is 5.02 Å². The number of rotatable bonds is 7. The van der Waals surface area contributed by atoms with E-state index < -0.39 is 27.9 Å². The molecule has 0 saturated carbocycles. The van der Waals surface area contributed by atoms with Gasteiger partial charge in [-0.2, -0.15) is 4.72 Å². The number of esters is 1. The number of benzene rings is 2. The molecule has 0 spiro atoms. The third kappa shape index (κ3) is 5.16. The van der Waals surface area contributed by atoms with E-state index in [1.165, 1.54) is 50.7 Å². The molecule has 0 aliphatic heterocycles. The molecule has 11 heteroatoms. The number of methoxy groups -OCH3 is 2. The molecule has 3 aromatic rings. The first-order valence-corrected chi connectivity index (χ1v) is 11.6. The van der Waals surface area contributed by atoms with Gasteiger partial charge in [0.15, 0.2) is 0 Å². The van der Waals surface area contributed by atoms with Gasteiger partial charge in [-0.1, -0.05) is 11.6 Å². The van der Waals surface area contributed by atoms with Crippen molar-refractivity contribution in [2.75, 3.05) is 19.5 Å². The summed E-state index contributed by atoms with van der Waals surface area (Å²) < 4.78 is 38.4. The summed E-state index contributed by atoms with van der Waals surface area (Å²) in [6.45, 7) is 1.42. The van der Waals surface area contributed by atoms with E-state index in [1.54, 1.807) is 24.3 Å². The second-order valence-electron chi connectivity index (χ2n) is 6.48. The molecule has 0 bridgehead atoms. The van der Waals surface area contributed by atoms with Gasteiger partial charge < -0.3 is 14.8 Å². The van der Waals surface area contributed by atoms with Crippen LogP contribution in [0.4, 0.5) is 5.69 Å². The summed E-state index contributed by atoms with van der Waals surface area (Å²) in [6.07, 6.45) is 0. The lowest BCUT2D eigenvalue weighted by molar-refractivity contribution is -0.117. The number of hydrogen-bond donors (Lipinski definition) is 2. The molecule has 164 valence electrons. The lowest BCUT2D eigenvalue weighted by Crippen LogP contribution is -2.41. The molecule has 1 heterocycles. The van der Waals surface area contributed by atoms with Crippen molar-refractivity contribution in [2.24, 2.45) is 0 Å². The second-order valence-corrected chi connectivity index (χ2v) is 9.68. The summed E-state index contributed by atoms with van der Waals surface area (Å²) in [6, 6.07) is 9.87. The highest BCUT2D eigenvalue weighted by molar-refractivity contribution is 7.89. The summed E-state index contributed by atoms with van der Waals surface area (Å²) >= 11 is 7.18. The second kappa shape index (κ2) is 9.23. The van der Waals surface area contributed by atoms with Crippen LogP contribution in [0.25, 0.3) is 10.1 Å². The van der Waals surface area contributed by atoms with Crippen molar-refractivity contribution in [1.29, 1.82) is 0 Å². The molecule has 3 rings (SSSR count). The monoisotopic (exact) mass is 482 g/mol. The molecule has 2 aromatic carbocycles. The number of sulfonamides is 1. The van der Waals surface area contributed by atoms with Crippen molar-refractivity contribution in [3.05, 3.63) is 52.4 Å². The van der Waals surface area contributed by atoms with Crippen LogP contribution in [0, 0.1) is 0 Å². The summed E-state index contributed by atoms with van der Waals surface area (Å²) in [5.74, 6) is -0.896. The number of hydrogen-bond acceptors (Lipinski definition) is 7. The van der Waals surface area contributed by atoms with Crippen molar-refractivity contribution in [3.8, 4) is 5.75 Å². The summed E-state index contributed by atoms with van der Waals surface area (Å²) in [5.41, 5.74) is 0.457. The van der Waals surface area contributed by atoms with Gasteiger partial charge in [0.2, 0.25) is 15.9 Å². The van der Waals surface area contributed by atoms with Gasteiger partial charge in [-0.25, -0.2) is 13.2 Å². The topological polar surface area (TPSA) is 111 Å². The maximum Gasteiger partial charge on any atom is 0.348 e. The van der Waals surface area contributed by atoms with E-state index >= 15 is 0 Å². The molecule has 8 nitrogen and oxygen atoms in total. The lowest BCUT2D eigenvalue weighted by Gasteiger charge is -2.16. The van der Waals surface area contributed by atoms with Crippen molar-refractivity contribution in [1.82, 2.24) is 4.72 Å². The first kappa shape index (κ1) is 23.0. The van der Waals surface area contributed by atoms with Crippen LogP contribution in [-0.2, 0) is 19.6 Å². The molecular formula is C20H19ClN2O6S2. The Labute approximate surface area is 188 Å². The fourth-order valence-electron chi connectivity index (χ4n) is 2.78. The molecule has 0 unspecified atom stereocenters. The minimum atomic E-state index is -4.08. The van der Waals surface area contributed by atoms with E-state index in [0.717, 1.165) is 10.1 Å². The van der Waals surface area contributed by atoms with Crippen molar-refractivity contribution in [2.45, 2.75) is 17.9 Å². The van der Waals surface area contributed by atoms with Gasteiger partial charge >= 0.3 is 5.97 Å². The fraction of sp³-hybridized carbons (Fsp3) is 0.200. The highest BCUT2D eigenvalue weighted by atomic mass is 35.5. The third-order valence-electron chi connectivity index (χ3n) is 4.31. The van der Waals surface area contributed by atoms with E-state index in [4.69, 9.17) is 21.1 Å². The summed E-state index contributed by atoms with van der Waals surface area (Å²) in [4.78, 5) is 24.5. The molecule has 1 aromatic heterocycles. The third-order valence-corrected chi connectivity index (χ3v) is 7.20. The number of anilines is 1. The van der Waals surface area contributed by atoms with E-state index in [9.17, 15) is 18.0 Å². The van der Waals surface area contributed by atoms with Crippen LogP contribution in [0.15, 0.2) is 47.4 Å². The Bertz CT molecular complexity index is 1260. The van der Waals surface area contributed by atoms with E-state index in [-0.39, 0.29) is 15.7 Å². The Morgan fingerprint density at radius 2 is 1.84 bits per heavy atom. The number of carbonyl (C=O) groups is 2. The van der Waals surface area contributed by atoms with Gasteiger partial charge in [-0.3, -0.25) is 4.79 Å². The Balaban J connectivity index is 1.76. The first-order chi connectivity index (χ1) is 14.6. The Hall–Kier alpha value is -2.66. The van der Waals surface area contributed by atoms with Crippen molar-refractivity contribution in [3.63, 3.8) is 0 Å². The highest BCUT2D eigenvalue weighted by Crippen LogP contribution is 2.29. The highest BCUT2D eigenvalue weighted by Gasteiger charge is 2.25. The molecule has 2 N–H and O–H groups in total. The minimum Gasteiger partial charge on any atom is -0.495 e. The number of thiophene rings is 1. The standard InChI is InChI=1S/C20H19ClN2O6S2/c1-11(23-31(26,27)18-10-13(21)4-6-15(18)28-2)19(24)22-14-5-7-16-12(8-14)9-17(30-16)20(25)29-3/h4-11,23H,1-3H3,(H,22,24)/t11-/m1/s1. The molecule has 0 fully saturated rings. The average Bonchev–Trinajstić information content (AvgIpc) is 3.16. The van der Waals surface area contributed by atoms with Crippen LogP contribution in [0.5, 0.6) is 5.75 Å². The van der Waals surface area contributed by atoms with Gasteiger partial charge in [-0.05, 0) is 54.8 Å². The zero-order chi connectivity index (χ0) is 22.8. The van der Waals surface area contributed by atoms with Gasteiger partial charge in [0.25, 0.3) is 0 Å². The van der Waals surface area contributed by atoms with E-state index in [0.29, 0.717) is 10.6 Å². The van der Waals surface area contributed by atoms with Gasteiger partial charge in [0.1, 0.15) is 15.5 Å². The number of fused-ring (bicyclic) bond motifs is 1. The Morgan fingerprint density at radius 1 is 1.10 bits per heavy atom. The van der Waals surface area contributed by atoms with Gasteiger partial charge in [-0.15, -0.1) is 11.3 Å². The summed E-state index contributed by atoms with van der Waals surface area (Å²) in [5, 5.41) is 3.63. The first-order valence-electron chi connectivity index (χ1n) is 8.93. The molecular weight excluding hydrogens is 464 g/mol. The van der Waals surface area contributed by atoms with Gasteiger partial charge in [0, 0.05) is 15.4 Å². The maximum atomic E-state index is 12.7. The number of nitrogens with one attached hydrogen (secondary N) is 2. The van der Waals surface area contributed by atoms with Crippen LogP contribution in [0.1, 0.15) is 16.6 Å². The molecule has 0 saturated heterocycles. The average molecular weight is 483 g/mol. The number of halogens is 1. The molecule has 31 heavy (non-hydrogen) atoms.